The molecule has 0 rings (SSSR count). The summed E-state index contributed by atoms with van der Waals surface area (Å²) in [7, 11) is 0. The summed E-state index contributed by atoms with van der Waals surface area (Å²) in [4.78, 5) is 0. The van der Waals surface area contributed by atoms with Gasteiger partial charge in [0, 0.05) is 0 Å². The molecule has 0 aromatic heterocycles. The molecule has 0 aromatic rings. The smallest absolute Gasteiger partial charge is 0.0351 e. The SMILES string of the molecule is CCCCC/C=C/CCCC(C)C. The number of unbranched alkanes of at least 4 members (excludes halogenated alkanes) is 4. The summed E-state index contributed by atoms with van der Waals surface area (Å²) in [5.74, 6) is 0.869. The average molecular weight is 182 g/mol. The Labute approximate surface area is 84.4 Å². The van der Waals surface area contributed by atoms with Gasteiger partial charge in [0.15, 0.2) is 0 Å². The minimum absolute atomic E-state index is 0.869. The molecule has 0 fully saturated rings. The molecule has 0 heterocycles. The lowest BCUT2D eigenvalue weighted by Crippen LogP contribution is -1.84. The molecule has 0 aliphatic heterocycles. The maximum Gasteiger partial charge on any atom is -0.0351 e. The van der Waals surface area contributed by atoms with Crippen LogP contribution in [0.3, 0.4) is 0 Å². The lowest BCUT2D eigenvalue weighted by molar-refractivity contribution is 0.559. The monoisotopic (exact) mass is 182 g/mol. The van der Waals surface area contributed by atoms with Gasteiger partial charge < -0.3 is 0 Å². The third kappa shape index (κ3) is 11.7. The van der Waals surface area contributed by atoms with Crippen LogP contribution in [0.15, 0.2) is 12.2 Å². The Morgan fingerprint density at radius 2 is 1.54 bits per heavy atom. The van der Waals surface area contributed by atoms with Crippen LogP contribution in [0.1, 0.15) is 65.7 Å². The van der Waals surface area contributed by atoms with E-state index in [4.69, 9.17) is 0 Å². The maximum absolute atomic E-state index is 2.36. The molecular formula is C13H26. The third-order valence-corrected chi connectivity index (χ3v) is 2.29. The van der Waals surface area contributed by atoms with Gasteiger partial charge in [-0.3, -0.25) is 0 Å². The molecule has 0 saturated heterocycles. The van der Waals surface area contributed by atoms with Gasteiger partial charge in [-0.1, -0.05) is 52.2 Å². The Morgan fingerprint density at radius 3 is 2.08 bits per heavy atom. The van der Waals surface area contributed by atoms with E-state index in [1.54, 1.807) is 0 Å². The minimum Gasteiger partial charge on any atom is -0.0885 e. The predicted octanol–water partition coefficient (Wildman–Crippen LogP) is 4.95. The lowest BCUT2D eigenvalue weighted by atomic mass is 10.1. The molecule has 0 aliphatic carbocycles. The van der Waals surface area contributed by atoms with Crippen molar-refractivity contribution in [3.63, 3.8) is 0 Å². The summed E-state index contributed by atoms with van der Waals surface area (Å²) >= 11 is 0. The van der Waals surface area contributed by atoms with E-state index in [0.717, 1.165) is 5.92 Å². The highest BCUT2D eigenvalue weighted by molar-refractivity contribution is 4.81. The van der Waals surface area contributed by atoms with Gasteiger partial charge in [-0.25, -0.2) is 0 Å². The lowest BCUT2D eigenvalue weighted by Gasteiger charge is -2.00. The normalized spacial score (nSPS) is 11.7. The van der Waals surface area contributed by atoms with Gasteiger partial charge in [0.05, 0.1) is 0 Å². The Balaban J connectivity index is 3.03. The minimum atomic E-state index is 0.869. The Bertz CT molecular complexity index is 111. The zero-order valence-electron chi connectivity index (χ0n) is 9.68. The van der Waals surface area contributed by atoms with Crippen molar-refractivity contribution in [2.45, 2.75) is 65.7 Å². The molecule has 13 heavy (non-hydrogen) atoms. The first-order valence-corrected chi connectivity index (χ1v) is 5.92. The van der Waals surface area contributed by atoms with E-state index >= 15 is 0 Å². The van der Waals surface area contributed by atoms with Gasteiger partial charge in [-0.15, -0.1) is 0 Å². The Kier molecular flexibility index (Phi) is 9.63. The van der Waals surface area contributed by atoms with Crippen LogP contribution < -0.4 is 0 Å². The van der Waals surface area contributed by atoms with Crippen LogP contribution in [-0.2, 0) is 0 Å². The second kappa shape index (κ2) is 9.83. The summed E-state index contributed by atoms with van der Waals surface area (Å²) in [5, 5.41) is 0. The van der Waals surface area contributed by atoms with Crippen molar-refractivity contribution in [1.29, 1.82) is 0 Å². The number of allylic oxidation sites excluding steroid dienone is 2. The highest BCUT2D eigenvalue weighted by Gasteiger charge is 1.90. The molecule has 0 saturated carbocycles. The maximum atomic E-state index is 2.36. The molecule has 0 N–H and O–H groups in total. The van der Waals surface area contributed by atoms with E-state index < -0.39 is 0 Å². The highest BCUT2D eigenvalue weighted by Crippen LogP contribution is 2.07. The molecule has 0 bridgehead atoms. The molecule has 0 aromatic carbocycles. The first-order chi connectivity index (χ1) is 6.27. The summed E-state index contributed by atoms with van der Waals surface area (Å²) in [6.07, 6.45) is 14.1. The van der Waals surface area contributed by atoms with Crippen molar-refractivity contribution >= 4 is 0 Å². The number of rotatable bonds is 8. The largest absolute Gasteiger partial charge is 0.0885 e. The molecule has 0 atom stereocenters. The van der Waals surface area contributed by atoms with E-state index in [2.05, 4.69) is 32.9 Å². The number of hydrogen-bond donors (Lipinski definition) is 0. The number of hydrogen-bond acceptors (Lipinski definition) is 0. The van der Waals surface area contributed by atoms with Crippen molar-refractivity contribution in [1.82, 2.24) is 0 Å². The van der Waals surface area contributed by atoms with Gasteiger partial charge in [0.1, 0.15) is 0 Å². The molecule has 0 unspecified atom stereocenters. The van der Waals surface area contributed by atoms with E-state index in [0.29, 0.717) is 0 Å². The second-order valence-electron chi connectivity index (χ2n) is 4.29. The van der Waals surface area contributed by atoms with Crippen molar-refractivity contribution in [3.8, 4) is 0 Å². The van der Waals surface area contributed by atoms with E-state index in [-0.39, 0.29) is 0 Å². The van der Waals surface area contributed by atoms with E-state index in [1.165, 1.54) is 44.9 Å². The van der Waals surface area contributed by atoms with Gasteiger partial charge in [-0.05, 0) is 31.6 Å². The van der Waals surface area contributed by atoms with Crippen LogP contribution in [0.4, 0.5) is 0 Å². The molecule has 0 heteroatoms. The molecule has 0 spiro atoms. The zero-order chi connectivity index (χ0) is 9.94. The molecule has 0 amide bonds. The van der Waals surface area contributed by atoms with Crippen LogP contribution in [0.25, 0.3) is 0 Å². The van der Waals surface area contributed by atoms with Gasteiger partial charge in [0.2, 0.25) is 0 Å². The average Bonchev–Trinajstić information content (AvgIpc) is 2.09. The molecule has 78 valence electrons. The first kappa shape index (κ1) is 12.7. The fourth-order valence-electron chi connectivity index (χ4n) is 1.39. The van der Waals surface area contributed by atoms with E-state index in [9.17, 15) is 0 Å². The van der Waals surface area contributed by atoms with Gasteiger partial charge >= 0.3 is 0 Å². The fourth-order valence-corrected chi connectivity index (χ4v) is 1.39. The van der Waals surface area contributed by atoms with Crippen LogP contribution in [0.5, 0.6) is 0 Å². The topological polar surface area (TPSA) is 0 Å². The summed E-state index contributed by atoms with van der Waals surface area (Å²) in [6.45, 7) is 6.85. The summed E-state index contributed by atoms with van der Waals surface area (Å²) < 4.78 is 0. The van der Waals surface area contributed by atoms with Crippen molar-refractivity contribution in [3.05, 3.63) is 12.2 Å². The zero-order valence-corrected chi connectivity index (χ0v) is 9.68. The fraction of sp³-hybridized carbons (Fsp3) is 0.846. The van der Waals surface area contributed by atoms with Gasteiger partial charge in [0.25, 0.3) is 0 Å². The van der Waals surface area contributed by atoms with Crippen LogP contribution >= 0.6 is 0 Å². The Morgan fingerprint density at radius 1 is 0.923 bits per heavy atom. The molecule has 0 radical (unpaired) electrons. The van der Waals surface area contributed by atoms with Crippen LogP contribution in [-0.4, -0.2) is 0 Å². The molecule has 0 nitrogen and oxygen atoms in total. The standard InChI is InChI=1S/C13H26/c1-4-5-6-7-8-9-10-11-12-13(2)3/h8-9,13H,4-7,10-12H2,1-3H3/b9-8+. The summed E-state index contributed by atoms with van der Waals surface area (Å²) in [6, 6.07) is 0. The Hall–Kier alpha value is -0.260. The third-order valence-electron chi connectivity index (χ3n) is 2.29. The highest BCUT2D eigenvalue weighted by atomic mass is 14.0. The van der Waals surface area contributed by atoms with Crippen LogP contribution in [0.2, 0.25) is 0 Å². The molecule has 0 aliphatic rings. The van der Waals surface area contributed by atoms with Crippen molar-refractivity contribution < 1.29 is 0 Å². The van der Waals surface area contributed by atoms with Crippen LogP contribution in [0, 0.1) is 5.92 Å². The van der Waals surface area contributed by atoms with Crippen molar-refractivity contribution in [2.24, 2.45) is 5.92 Å². The summed E-state index contributed by atoms with van der Waals surface area (Å²) in [5.41, 5.74) is 0. The van der Waals surface area contributed by atoms with Crippen molar-refractivity contribution in [2.75, 3.05) is 0 Å². The van der Waals surface area contributed by atoms with E-state index in [1.807, 2.05) is 0 Å². The first-order valence-electron chi connectivity index (χ1n) is 5.92. The van der Waals surface area contributed by atoms with Gasteiger partial charge in [-0.2, -0.15) is 0 Å². The molecular weight excluding hydrogens is 156 g/mol. The quantitative estimate of drug-likeness (QED) is 0.368. The predicted molar refractivity (Wildman–Crippen MR) is 62.0 cm³/mol. The second-order valence-corrected chi connectivity index (χ2v) is 4.29.